The molecule has 1 aliphatic heterocycles. The number of ether oxygens (including phenoxy) is 1. The molecule has 1 N–H and O–H groups in total. The normalized spacial score (nSPS) is 23.6. The lowest BCUT2D eigenvalue weighted by molar-refractivity contribution is 0.0534. The monoisotopic (exact) mass is 262 g/mol. The first kappa shape index (κ1) is 12.1. The summed E-state index contributed by atoms with van der Waals surface area (Å²) in [5.41, 5.74) is 0.00875. The van der Waals surface area contributed by atoms with Crippen molar-refractivity contribution in [3.63, 3.8) is 0 Å². The van der Waals surface area contributed by atoms with Gasteiger partial charge >= 0.3 is 0 Å². The largest absolute Gasteiger partial charge is 0.377 e. The summed E-state index contributed by atoms with van der Waals surface area (Å²) in [6.07, 6.45) is 1.45. The van der Waals surface area contributed by atoms with Crippen LogP contribution in [0, 0.1) is 5.82 Å². The Morgan fingerprint density at radius 1 is 1.42 bits per heavy atom. The van der Waals surface area contributed by atoms with E-state index in [0.29, 0.717) is 31.3 Å². The van der Waals surface area contributed by atoms with Crippen LogP contribution in [0.3, 0.4) is 0 Å². The second-order valence-corrected chi connectivity index (χ2v) is 4.77. The highest BCUT2D eigenvalue weighted by Crippen LogP contribution is 2.34. The number of aromatic amines is 1. The fraction of sp³-hybridized carbons (Fsp3) is 0.385. The lowest BCUT2D eigenvalue weighted by Crippen LogP contribution is -2.53. The van der Waals surface area contributed by atoms with Crippen LogP contribution in [0.2, 0.25) is 0 Å². The Morgan fingerprint density at radius 2 is 2.26 bits per heavy atom. The maximum absolute atomic E-state index is 14.1. The van der Waals surface area contributed by atoms with Gasteiger partial charge in [-0.05, 0) is 13.0 Å². The minimum atomic E-state index is -0.594. The van der Waals surface area contributed by atoms with Gasteiger partial charge in [0.05, 0.1) is 18.8 Å². The predicted molar refractivity (Wildman–Crippen MR) is 68.3 cm³/mol. The number of aromatic nitrogens is 3. The van der Waals surface area contributed by atoms with E-state index in [1.165, 1.54) is 12.4 Å². The van der Waals surface area contributed by atoms with Gasteiger partial charge in [0, 0.05) is 12.1 Å². The van der Waals surface area contributed by atoms with Crippen molar-refractivity contribution in [2.75, 3.05) is 24.7 Å². The van der Waals surface area contributed by atoms with Crippen LogP contribution in [-0.4, -0.2) is 34.9 Å². The maximum Gasteiger partial charge on any atom is 0.221 e. The van der Waals surface area contributed by atoms with Gasteiger partial charge in [0.2, 0.25) is 5.95 Å². The summed E-state index contributed by atoms with van der Waals surface area (Å²) in [7, 11) is 0. The summed E-state index contributed by atoms with van der Waals surface area (Å²) in [5.74, 6) is 0.397. The smallest absolute Gasteiger partial charge is 0.221 e. The van der Waals surface area contributed by atoms with E-state index < -0.39 is 5.54 Å². The van der Waals surface area contributed by atoms with Gasteiger partial charge < -0.3 is 9.64 Å². The Balaban J connectivity index is 2.06. The van der Waals surface area contributed by atoms with Gasteiger partial charge in [-0.1, -0.05) is 18.2 Å². The molecule has 2 heterocycles. The zero-order valence-corrected chi connectivity index (χ0v) is 10.6. The summed E-state index contributed by atoms with van der Waals surface area (Å²) in [4.78, 5) is 6.17. The first-order chi connectivity index (χ1) is 9.22. The van der Waals surface area contributed by atoms with Crippen molar-refractivity contribution < 1.29 is 9.13 Å². The van der Waals surface area contributed by atoms with Crippen LogP contribution >= 0.6 is 0 Å². The van der Waals surface area contributed by atoms with Crippen molar-refractivity contribution in [1.82, 2.24) is 15.2 Å². The van der Waals surface area contributed by atoms with E-state index in [2.05, 4.69) is 15.2 Å². The summed E-state index contributed by atoms with van der Waals surface area (Å²) < 4.78 is 19.7. The number of hydrogen-bond acceptors (Lipinski definition) is 4. The molecule has 1 saturated heterocycles. The molecule has 1 unspecified atom stereocenters. The number of anilines is 1. The van der Waals surface area contributed by atoms with Crippen molar-refractivity contribution in [3.8, 4) is 0 Å². The van der Waals surface area contributed by atoms with Crippen LogP contribution in [0.4, 0.5) is 10.3 Å². The molecule has 0 amide bonds. The molecule has 6 heteroatoms. The molecule has 0 saturated carbocycles. The highest BCUT2D eigenvalue weighted by atomic mass is 19.1. The molecule has 100 valence electrons. The lowest BCUT2D eigenvalue weighted by atomic mass is 9.89. The fourth-order valence-corrected chi connectivity index (χ4v) is 2.54. The highest BCUT2D eigenvalue weighted by molar-refractivity contribution is 5.41. The third-order valence-electron chi connectivity index (χ3n) is 3.55. The number of benzene rings is 1. The van der Waals surface area contributed by atoms with Gasteiger partial charge in [-0.2, -0.15) is 10.1 Å². The number of H-pyrrole nitrogens is 1. The van der Waals surface area contributed by atoms with Crippen molar-refractivity contribution in [2.24, 2.45) is 0 Å². The number of halogens is 1. The quantitative estimate of drug-likeness (QED) is 0.895. The van der Waals surface area contributed by atoms with Gasteiger partial charge in [0.15, 0.2) is 0 Å². The van der Waals surface area contributed by atoms with E-state index >= 15 is 0 Å². The molecule has 19 heavy (non-hydrogen) atoms. The lowest BCUT2D eigenvalue weighted by Gasteiger charge is -2.44. The third kappa shape index (κ3) is 1.98. The Hall–Kier alpha value is -1.95. The van der Waals surface area contributed by atoms with Crippen molar-refractivity contribution >= 4 is 5.95 Å². The van der Waals surface area contributed by atoms with Gasteiger partial charge in [-0.25, -0.2) is 9.49 Å². The molecule has 3 rings (SSSR count). The second kappa shape index (κ2) is 4.62. The number of nitrogens with one attached hydrogen (secondary N) is 1. The number of morpholine rings is 1. The zero-order chi connectivity index (χ0) is 13.3. The first-order valence-electron chi connectivity index (χ1n) is 6.17. The van der Waals surface area contributed by atoms with Crippen LogP contribution < -0.4 is 4.90 Å². The highest BCUT2D eigenvalue weighted by Gasteiger charge is 2.40. The molecule has 2 aromatic rings. The van der Waals surface area contributed by atoms with Crippen molar-refractivity contribution in [2.45, 2.75) is 12.5 Å². The van der Waals surface area contributed by atoms with E-state index in [0.717, 1.165) is 0 Å². The molecule has 1 aliphatic rings. The standard InChI is InChI=1S/C13H15FN4O/c1-13(10-4-2-3-5-11(10)14)8-19-7-6-18(13)12-15-9-16-17-12/h2-5,9H,6-8H2,1H3,(H,15,16,17). The number of nitrogens with zero attached hydrogens (tertiary/aromatic N) is 3. The summed E-state index contributed by atoms with van der Waals surface area (Å²) in [5, 5.41) is 6.70. The van der Waals surface area contributed by atoms with Gasteiger partial charge in [-0.3, -0.25) is 0 Å². The van der Waals surface area contributed by atoms with Gasteiger partial charge in [0.25, 0.3) is 0 Å². The summed E-state index contributed by atoms with van der Waals surface area (Å²) >= 11 is 0. The van der Waals surface area contributed by atoms with Gasteiger partial charge in [0.1, 0.15) is 12.1 Å². The predicted octanol–water partition coefficient (Wildman–Crippen LogP) is 1.70. The Bertz CT molecular complexity index is 560. The minimum absolute atomic E-state index is 0.236. The molecule has 1 fully saturated rings. The average Bonchev–Trinajstić information content (AvgIpc) is 2.93. The third-order valence-corrected chi connectivity index (χ3v) is 3.55. The molecule has 0 radical (unpaired) electrons. The molecular formula is C13H15FN4O. The van der Waals surface area contributed by atoms with Crippen molar-refractivity contribution in [3.05, 3.63) is 42.0 Å². The van der Waals surface area contributed by atoms with E-state index in [9.17, 15) is 4.39 Å². The zero-order valence-electron chi connectivity index (χ0n) is 10.6. The van der Waals surface area contributed by atoms with Crippen molar-refractivity contribution in [1.29, 1.82) is 0 Å². The topological polar surface area (TPSA) is 54.0 Å². The average molecular weight is 262 g/mol. The Labute approximate surface area is 110 Å². The molecule has 0 bridgehead atoms. The maximum atomic E-state index is 14.1. The number of rotatable bonds is 2. The summed E-state index contributed by atoms with van der Waals surface area (Å²) in [6, 6.07) is 6.77. The molecule has 0 spiro atoms. The molecular weight excluding hydrogens is 247 g/mol. The van der Waals surface area contributed by atoms with E-state index in [-0.39, 0.29) is 5.82 Å². The minimum Gasteiger partial charge on any atom is -0.377 e. The fourth-order valence-electron chi connectivity index (χ4n) is 2.54. The Morgan fingerprint density at radius 3 is 3.00 bits per heavy atom. The van der Waals surface area contributed by atoms with Crippen LogP contribution in [0.15, 0.2) is 30.6 Å². The molecule has 1 atom stereocenters. The summed E-state index contributed by atoms with van der Waals surface area (Å²) in [6.45, 7) is 3.59. The second-order valence-electron chi connectivity index (χ2n) is 4.77. The van der Waals surface area contributed by atoms with E-state index in [1.807, 2.05) is 17.9 Å². The van der Waals surface area contributed by atoms with Crippen LogP contribution in [0.5, 0.6) is 0 Å². The van der Waals surface area contributed by atoms with E-state index in [4.69, 9.17) is 4.74 Å². The molecule has 1 aromatic heterocycles. The molecule has 0 aliphatic carbocycles. The SMILES string of the molecule is CC1(c2ccccc2F)COCCN1c1ncn[nH]1. The van der Waals surface area contributed by atoms with Crippen LogP contribution in [-0.2, 0) is 10.3 Å². The number of hydrogen-bond donors (Lipinski definition) is 1. The molecule has 5 nitrogen and oxygen atoms in total. The Kier molecular flexibility index (Phi) is 2.94. The first-order valence-corrected chi connectivity index (χ1v) is 6.17. The van der Waals surface area contributed by atoms with E-state index in [1.54, 1.807) is 12.1 Å². The van der Waals surface area contributed by atoms with Gasteiger partial charge in [-0.15, -0.1) is 0 Å². The van der Waals surface area contributed by atoms with Crippen LogP contribution in [0.25, 0.3) is 0 Å². The molecule has 1 aromatic carbocycles. The van der Waals surface area contributed by atoms with Crippen LogP contribution in [0.1, 0.15) is 12.5 Å².